The number of thiophene rings is 1. The molecule has 2 nitrogen and oxygen atoms in total. The van der Waals surface area contributed by atoms with E-state index in [1.54, 1.807) is 0 Å². The number of aromatic nitrogens is 1. The molecule has 2 heterocycles. The van der Waals surface area contributed by atoms with Crippen molar-refractivity contribution >= 4 is 39.6 Å². The van der Waals surface area contributed by atoms with Gasteiger partial charge in [0.25, 0.3) is 0 Å². The quantitative estimate of drug-likeness (QED) is 0.649. The van der Waals surface area contributed by atoms with Gasteiger partial charge in [-0.1, -0.05) is 23.7 Å². The van der Waals surface area contributed by atoms with Crippen LogP contribution in [0.5, 0.6) is 0 Å². The number of hydrogen-bond acceptors (Lipinski definition) is 2. The van der Waals surface area contributed by atoms with Crippen molar-refractivity contribution in [2.75, 3.05) is 0 Å². The van der Waals surface area contributed by atoms with Gasteiger partial charge in [0.15, 0.2) is 5.78 Å². The van der Waals surface area contributed by atoms with E-state index in [-0.39, 0.29) is 5.78 Å². The molecular formula is C15H12ClNOS. The number of nitrogens with zero attached hydrogens (tertiary/aromatic N) is 1. The molecule has 3 aromatic rings. The average Bonchev–Trinajstić information content (AvgIpc) is 2.97. The minimum absolute atomic E-state index is 0.121. The van der Waals surface area contributed by atoms with Crippen LogP contribution in [0.15, 0.2) is 42.6 Å². The van der Waals surface area contributed by atoms with Crippen LogP contribution in [0.4, 0.5) is 0 Å². The van der Waals surface area contributed by atoms with Crippen LogP contribution in [0.3, 0.4) is 0 Å². The maximum Gasteiger partial charge on any atom is 0.192 e. The Hall–Kier alpha value is -1.58. The van der Waals surface area contributed by atoms with Gasteiger partial charge in [0.05, 0.1) is 22.0 Å². The van der Waals surface area contributed by atoms with E-state index in [1.807, 2.05) is 54.1 Å². The van der Waals surface area contributed by atoms with Crippen molar-refractivity contribution in [3.63, 3.8) is 0 Å². The molecule has 2 aromatic heterocycles. The van der Waals surface area contributed by atoms with E-state index in [0.717, 1.165) is 20.7 Å². The number of aryl methyl sites for hydroxylation is 1. The maximum atomic E-state index is 12.2. The fourth-order valence-electron chi connectivity index (χ4n) is 2.16. The Labute approximate surface area is 120 Å². The molecule has 96 valence electrons. The molecule has 0 N–H and O–H groups in total. The predicted octanol–water partition coefficient (Wildman–Crippen LogP) is 4.55. The number of benzene rings is 1. The molecule has 0 radical (unpaired) electrons. The number of hydrogen-bond donors (Lipinski definition) is 0. The summed E-state index contributed by atoms with van der Waals surface area (Å²) in [5.41, 5.74) is 0.922. The molecule has 0 spiro atoms. The molecule has 4 heteroatoms. The van der Waals surface area contributed by atoms with Gasteiger partial charge in [0, 0.05) is 16.5 Å². The zero-order chi connectivity index (χ0) is 13.4. The third kappa shape index (κ3) is 2.31. The van der Waals surface area contributed by atoms with Crippen molar-refractivity contribution in [2.45, 2.75) is 13.5 Å². The highest BCUT2D eigenvalue weighted by Crippen LogP contribution is 2.25. The highest BCUT2D eigenvalue weighted by Gasteiger charge is 2.12. The molecule has 0 aliphatic carbocycles. The van der Waals surface area contributed by atoms with E-state index in [2.05, 4.69) is 0 Å². The van der Waals surface area contributed by atoms with Crippen LogP contribution in [-0.4, -0.2) is 10.4 Å². The lowest BCUT2D eigenvalue weighted by Gasteiger charge is -2.05. The number of Topliss-reactive ketones (excluding diaryl/α,β-unsaturated/α-hetero) is 1. The number of halogens is 1. The molecule has 0 aliphatic heterocycles. The van der Waals surface area contributed by atoms with Crippen LogP contribution >= 0.6 is 22.9 Å². The molecule has 0 amide bonds. The number of para-hydroxylation sites is 1. The Morgan fingerprint density at radius 2 is 2.11 bits per heavy atom. The molecule has 0 saturated carbocycles. The number of ketones is 1. The first kappa shape index (κ1) is 12.5. The molecule has 0 aliphatic rings. The van der Waals surface area contributed by atoms with Gasteiger partial charge in [-0.15, -0.1) is 11.3 Å². The van der Waals surface area contributed by atoms with Crippen LogP contribution in [-0.2, 0) is 6.54 Å². The Bertz CT molecular complexity index is 756. The minimum atomic E-state index is 0.121. The first-order valence-electron chi connectivity index (χ1n) is 5.98. The van der Waals surface area contributed by atoms with Crippen molar-refractivity contribution in [1.29, 1.82) is 0 Å². The zero-order valence-electron chi connectivity index (χ0n) is 10.4. The Morgan fingerprint density at radius 1 is 1.26 bits per heavy atom. The normalized spacial score (nSPS) is 11.1. The van der Waals surface area contributed by atoms with E-state index >= 15 is 0 Å². The van der Waals surface area contributed by atoms with Crippen LogP contribution < -0.4 is 0 Å². The summed E-state index contributed by atoms with van der Waals surface area (Å²) in [7, 11) is 0. The van der Waals surface area contributed by atoms with Gasteiger partial charge in [-0.05, 0) is 31.2 Å². The largest absolute Gasteiger partial charge is 0.338 e. The Balaban J connectivity index is 1.96. The van der Waals surface area contributed by atoms with Gasteiger partial charge in [-0.2, -0.15) is 0 Å². The minimum Gasteiger partial charge on any atom is -0.338 e. The molecule has 1 aromatic carbocycles. The van der Waals surface area contributed by atoms with E-state index in [9.17, 15) is 4.79 Å². The van der Waals surface area contributed by atoms with Crippen molar-refractivity contribution in [3.8, 4) is 0 Å². The van der Waals surface area contributed by atoms with Crippen molar-refractivity contribution in [1.82, 2.24) is 4.57 Å². The third-order valence-corrected chi connectivity index (χ3v) is 4.42. The first-order chi connectivity index (χ1) is 9.15. The van der Waals surface area contributed by atoms with Crippen LogP contribution in [0.2, 0.25) is 5.02 Å². The molecule has 0 atom stereocenters. The van der Waals surface area contributed by atoms with Crippen LogP contribution in [0.25, 0.3) is 10.9 Å². The highest BCUT2D eigenvalue weighted by atomic mass is 35.5. The van der Waals surface area contributed by atoms with Gasteiger partial charge in [-0.25, -0.2) is 0 Å². The van der Waals surface area contributed by atoms with E-state index in [1.165, 1.54) is 11.3 Å². The summed E-state index contributed by atoms with van der Waals surface area (Å²) in [6.07, 6.45) is 1.91. The third-order valence-electron chi connectivity index (χ3n) is 3.07. The van der Waals surface area contributed by atoms with E-state index in [0.29, 0.717) is 11.6 Å². The van der Waals surface area contributed by atoms with Crippen molar-refractivity contribution in [3.05, 3.63) is 57.4 Å². The molecule has 0 saturated heterocycles. The van der Waals surface area contributed by atoms with Gasteiger partial charge in [0.2, 0.25) is 0 Å². The summed E-state index contributed by atoms with van der Waals surface area (Å²) in [5, 5.41) is 1.74. The van der Waals surface area contributed by atoms with Crippen LogP contribution in [0.1, 0.15) is 14.5 Å². The van der Waals surface area contributed by atoms with E-state index < -0.39 is 0 Å². The van der Waals surface area contributed by atoms with Crippen molar-refractivity contribution < 1.29 is 4.79 Å². The number of rotatable bonds is 3. The maximum absolute atomic E-state index is 12.2. The predicted molar refractivity (Wildman–Crippen MR) is 80.3 cm³/mol. The molecule has 3 rings (SSSR count). The number of carbonyl (C=O) groups is 1. The summed E-state index contributed by atoms with van der Waals surface area (Å²) in [4.78, 5) is 14.2. The highest BCUT2D eigenvalue weighted by molar-refractivity contribution is 7.14. The molecule has 0 unspecified atom stereocenters. The summed E-state index contributed by atoms with van der Waals surface area (Å²) in [5.74, 6) is 0.121. The monoisotopic (exact) mass is 289 g/mol. The average molecular weight is 290 g/mol. The fourth-order valence-corrected chi connectivity index (χ4v) is 3.25. The van der Waals surface area contributed by atoms with Crippen LogP contribution in [0, 0.1) is 6.92 Å². The lowest BCUT2D eigenvalue weighted by atomic mass is 10.2. The Kier molecular flexibility index (Phi) is 3.17. The van der Waals surface area contributed by atoms with Gasteiger partial charge >= 0.3 is 0 Å². The second-order valence-electron chi connectivity index (χ2n) is 4.45. The number of carbonyl (C=O) groups excluding carboxylic acids is 1. The number of fused-ring (bicyclic) bond motifs is 1. The van der Waals surface area contributed by atoms with Gasteiger partial charge in [0.1, 0.15) is 0 Å². The summed E-state index contributed by atoms with van der Waals surface area (Å²) in [6.45, 7) is 2.33. The lowest BCUT2D eigenvalue weighted by Crippen LogP contribution is -2.08. The molecular weight excluding hydrogens is 278 g/mol. The van der Waals surface area contributed by atoms with Crippen molar-refractivity contribution in [2.24, 2.45) is 0 Å². The second kappa shape index (κ2) is 4.83. The standard InChI is InChI=1S/C15H12ClNOS/c1-10-5-6-14(19-10)13(18)9-17-8-7-11-3-2-4-12(16)15(11)17/h2-8H,9H2,1H3. The van der Waals surface area contributed by atoms with E-state index in [4.69, 9.17) is 11.6 Å². The van der Waals surface area contributed by atoms with Gasteiger partial charge in [-0.3, -0.25) is 4.79 Å². The smallest absolute Gasteiger partial charge is 0.192 e. The van der Waals surface area contributed by atoms with Gasteiger partial charge < -0.3 is 4.57 Å². The topological polar surface area (TPSA) is 22.0 Å². The second-order valence-corrected chi connectivity index (χ2v) is 6.15. The summed E-state index contributed by atoms with van der Waals surface area (Å²) in [6, 6.07) is 11.6. The zero-order valence-corrected chi connectivity index (χ0v) is 12.0. The fraction of sp³-hybridized carbons (Fsp3) is 0.133. The Morgan fingerprint density at radius 3 is 2.84 bits per heavy atom. The SMILES string of the molecule is Cc1ccc(C(=O)Cn2ccc3cccc(Cl)c32)s1. The summed E-state index contributed by atoms with van der Waals surface area (Å²) >= 11 is 7.74. The summed E-state index contributed by atoms with van der Waals surface area (Å²) < 4.78 is 1.91. The first-order valence-corrected chi connectivity index (χ1v) is 7.17. The molecule has 0 bridgehead atoms. The molecule has 0 fully saturated rings. The lowest BCUT2D eigenvalue weighted by molar-refractivity contribution is 0.0977. The molecule has 19 heavy (non-hydrogen) atoms.